The van der Waals surface area contributed by atoms with Gasteiger partial charge in [-0.05, 0) is 24.3 Å². The topological polar surface area (TPSA) is 113 Å². The van der Waals surface area contributed by atoms with Crippen LogP contribution < -0.4 is 9.44 Å². The predicted molar refractivity (Wildman–Crippen MR) is 78.4 cm³/mol. The Labute approximate surface area is 124 Å². The molecule has 116 valence electrons. The number of hydrogen-bond acceptors (Lipinski definition) is 5. The highest BCUT2D eigenvalue weighted by atomic mass is 32.2. The Hall–Kier alpha value is -1.44. The zero-order valence-electron chi connectivity index (χ0n) is 11.3. The SMILES string of the molecule is CS(=O)(=O)NCCNS(=O)(=O)c1ccc(C#CCO)cc1. The van der Waals surface area contributed by atoms with E-state index in [1.165, 1.54) is 24.3 Å². The van der Waals surface area contributed by atoms with Gasteiger partial charge in [0.2, 0.25) is 20.0 Å². The molecule has 1 aromatic carbocycles. The quantitative estimate of drug-likeness (QED) is 0.450. The minimum Gasteiger partial charge on any atom is -0.384 e. The van der Waals surface area contributed by atoms with E-state index in [4.69, 9.17) is 5.11 Å². The van der Waals surface area contributed by atoms with Crippen molar-refractivity contribution in [3.63, 3.8) is 0 Å². The molecule has 7 nitrogen and oxygen atoms in total. The molecule has 1 rings (SSSR count). The zero-order chi connectivity index (χ0) is 15.9. The second kappa shape index (κ2) is 7.53. The van der Waals surface area contributed by atoms with Crippen LogP contribution in [0, 0.1) is 11.8 Å². The molecule has 0 bridgehead atoms. The molecule has 0 radical (unpaired) electrons. The summed E-state index contributed by atoms with van der Waals surface area (Å²) in [5.74, 6) is 5.10. The maximum Gasteiger partial charge on any atom is 0.240 e. The summed E-state index contributed by atoms with van der Waals surface area (Å²) < 4.78 is 50.0. The fraction of sp³-hybridized carbons (Fsp3) is 0.333. The van der Waals surface area contributed by atoms with Gasteiger partial charge in [0.15, 0.2) is 0 Å². The normalized spacial score (nSPS) is 11.7. The number of hydrogen-bond donors (Lipinski definition) is 3. The minimum absolute atomic E-state index is 0.0296. The van der Waals surface area contributed by atoms with E-state index >= 15 is 0 Å². The maximum atomic E-state index is 11.9. The Morgan fingerprint density at radius 1 is 1.05 bits per heavy atom. The van der Waals surface area contributed by atoms with Crippen molar-refractivity contribution in [1.29, 1.82) is 0 Å². The lowest BCUT2D eigenvalue weighted by atomic mass is 10.2. The van der Waals surface area contributed by atoms with Gasteiger partial charge in [-0.1, -0.05) is 11.8 Å². The van der Waals surface area contributed by atoms with Crippen molar-refractivity contribution in [2.75, 3.05) is 26.0 Å². The average Bonchev–Trinajstić information content (AvgIpc) is 2.41. The van der Waals surface area contributed by atoms with Gasteiger partial charge in [0, 0.05) is 18.7 Å². The summed E-state index contributed by atoms with van der Waals surface area (Å²) in [6, 6.07) is 5.80. The third-order valence-corrected chi connectivity index (χ3v) is 4.46. The minimum atomic E-state index is -3.70. The highest BCUT2D eigenvalue weighted by Gasteiger charge is 2.13. The van der Waals surface area contributed by atoms with Crippen molar-refractivity contribution in [2.24, 2.45) is 0 Å². The van der Waals surface area contributed by atoms with Crippen LogP contribution in [0.3, 0.4) is 0 Å². The van der Waals surface area contributed by atoms with E-state index in [0.717, 1.165) is 6.26 Å². The van der Waals surface area contributed by atoms with Crippen LogP contribution in [0.25, 0.3) is 0 Å². The molecule has 9 heteroatoms. The van der Waals surface area contributed by atoms with Crippen LogP contribution in [0.2, 0.25) is 0 Å². The van der Waals surface area contributed by atoms with Crippen molar-refractivity contribution in [3.05, 3.63) is 29.8 Å². The van der Waals surface area contributed by atoms with E-state index in [1.807, 2.05) is 0 Å². The second-order valence-corrected chi connectivity index (χ2v) is 7.65. The standard InChI is InChI=1S/C12H16N2O5S2/c1-20(16,17)13-8-9-14-21(18,19)12-6-4-11(5-7-12)3-2-10-15/h4-7,13-15H,8-10H2,1H3. The lowest BCUT2D eigenvalue weighted by Gasteiger charge is -2.07. The van der Waals surface area contributed by atoms with Crippen molar-refractivity contribution in [2.45, 2.75) is 4.90 Å². The lowest BCUT2D eigenvalue weighted by molar-refractivity contribution is 0.350. The molecule has 0 saturated heterocycles. The molecule has 3 N–H and O–H groups in total. The van der Waals surface area contributed by atoms with Gasteiger partial charge in [-0.3, -0.25) is 0 Å². The van der Waals surface area contributed by atoms with Crippen LogP contribution >= 0.6 is 0 Å². The van der Waals surface area contributed by atoms with Gasteiger partial charge < -0.3 is 5.11 Å². The molecule has 0 aliphatic carbocycles. The Bertz CT molecular complexity index is 728. The molecule has 0 spiro atoms. The first-order valence-electron chi connectivity index (χ1n) is 5.89. The molecule has 1 aromatic rings. The number of benzene rings is 1. The molecular formula is C12H16N2O5S2. The smallest absolute Gasteiger partial charge is 0.240 e. The molecule has 0 aliphatic rings. The highest BCUT2D eigenvalue weighted by molar-refractivity contribution is 7.89. The van der Waals surface area contributed by atoms with Gasteiger partial charge in [-0.15, -0.1) is 0 Å². The number of sulfonamides is 2. The summed E-state index contributed by atoms with van der Waals surface area (Å²) in [7, 11) is -7.04. The summed E-state index contributed by atoms with van der Waals surface area (Å²) in [5.41, 5.74) is 0.585. The van der Waals surface area contributed by atoms with E-state index in [0.29, 0.717) is 5.56 Å². The van der Waals surface area contributed by atoms with Gasteiger partial charge in [-0.2, -0.15) is 0 Å². The summed E-state index contributed by atoms with van der Waals surface area (Å²) in [5, 5.41) is 8.56. The van der Waals surface area contributed by atoms with E-state index in [-0.39, 0.29) is 24.6 Å². The largest absolute Gasteiger partial charge is 0.384 e. The third-order valence-electron chi connectivity index (χ3n) is 2.26. The van der Waals surface area contributed by atoms with Crippen molar-refractivity contribution < 1.29 is 21.9 Å². The van der Waals surface area contributed by atoms with Crippen LogP contribution in [0.5, 0.6) is 0 Å². The van der Waals surface area contributed by atoms with Gasteiger partial charge in [0.25, 0.3) is 0 Å². The second-order valence-electron chi connectivity index (χ2n) is 4.05. The lowest BCUT2D eigenvalue weighted by Crippen LogP contribution is -2.34. The first kappa shape index (κ1) is 17.6. The first-order chi connectivity index (χ1) is 9.74. The number of rotatable bonds is 6. The average molecular weight is 332 g/mol. The molecule has 0 amide bonds. The van der Waals surface area contributed by atoms with Gasteiger partial charge in [-0.25, -0.2) is 26.3 Å². The Kier molecular flexibility index (Phi) is 6.32. The zero-order valence-corrected chi connectivity index (χ0v) is 13.0. The van der Waals surface area contributed by atoms with Crippen molar-refractivity contribution in [3.8, 4) is 11.8 Å². The Morgan fingerprint density at radius 2 is 1.62 bits per heavy atom. The van der Waals surface area contributed by atoms with E-state index in [9.17, 15) is 16.8 Å². The monoisotopic (exact) mass is 332 g/mol. The number of aliphatic hydroxyl groups is 1. The Morgan fingerprint density at radius 3 is 2.14 bits per heavy atom. The van der Waals surface area contributed by atoms with Crippen LogP contribution in [0.4, 0.5) is 0 Å². The fourth-order valence-electron chi connectivity index (χ4n) is 1.36. The van der Waals surface area contributed by atoms with Crippen molar-refractivity contribution in [1.82, 2.24) is 9.44 Å². The first-order valence-corrected chi connectivity index (χ1v) is 9.26. The maximum absolute atomic E-state index is 11.9. The molecule has 0 aromatic heterocycles. The highest BCUT2D eigenvalue weighted by Crippen LogP contribution is 2.09. The van der Waals surface area contributed by atoms with Crippen LogP contribution in [0.1, 0.15) is 5.56 Å². The van der Waals surface area contributed by atoms with Gasteiger partial charge in [0.1, 0.15) is 6.61 Å². The van der Waals surface area contributed by atoms with Crippen molar-refractivity contribution >= 4 is 20.0 Å². The molecule has 0 atom stereocenters. The number of nitrogens with one attached hydrogen (secondary N) is 2. The third kappa shape index (κ3) is 6.70. The van der Waals surface area contributed by atoms with Gasteiger partial charge in [0.05, 0.1) is 11.2 Å². The van der Waals surface area contributed by atoms with E-state index in [1.54, 1.807) is 0 Å². The molecule has 21 heavy (non-hydrogen) atoms. The van der Waals surface area contributed by atoms with E-state index in [2.05, 4.69) is 21.3 Å². The molecule has 0 heterocycles. The van der Waals surface area contributed by atoms with E-state index < -0.39 is 20.0 Å². The summed E-state index contributed by atoms with van der Waals surface area (Å²) in [6.45, 7) is -0.353. The fourth-order valence-corrected chi connectivity index (χ4v) is 2.87. The van der Waals surface area contributed by atoms with Crippen LogP contribution in [-0.2, 0) is 20.0 Å². The molecule has 0 unspecified atom stereocenters. The number of aliphatic hydroxyl groups excluding tert-OH is 1. The summed E-state index contributed by atoms with van der Waals surface area (Å²) >= 11 is 0. The van der Waals surface area contributed by atoms with Gasteiger partial charge >= 0.3 is 0 Å². The Balaban J connectivity index is 2.66. The molecular weight excluding hydrogens is 316 g/mol. The van der Waals surface area contributed by atoms with Crippen LogP contribution in [0.15, 0.2) is 29.2 Å². The molecule has 0 aliphatic heterocycles. The summed E-state index contributed by atoms with van der Waals surface area (Å²) in [6.07, 6.45) is 0.994. The molecule has 0 fully saturated rings. The van der Waals surface area contributed by atoms with Crippen LogP contribution in [-0.4, -0.2) is 47.9 Å². The molecule has 0 saturated carbocycles. The predicted octanol–water partition coefficient (Wildman–Crippen LogP) is -1.14. The summed E-state index contributed by atoms with van der Waals surface area (Å²) in [4.78, 5) is 0.0522.